The van der Waals surface area contributed by atoms with Gasteiger partial charge in [0.25, 0.3) is 5.95 Å². The zero-order chi connectivity index (χ0) is 7.40. The van der Waals surface area contributed by atoms with Crippen LogP contribution in [0.3, 0.4) is 0 Å². The van der Waals surface area contributed by atoms with E-state index in [1.54, 1.807) is 0 Å². The summed E-state index contributed by atoms with van der Waals surface area (Å²) < 4.78 is 0. The van der Waals surface area contributed by atoms with Crippen LogP contribution in [0.15, 0.2) is 0 Å². The average Bonchev–Trinajstić information content (AvgIpc) is 2.38. The number of hydrogen-bond donors (Lipinski definition) is 4. The Labute approximate surface area is 62.9 Å². The summed E-state index contributed by atoms with van der Waals surface area (Å²) in [5.74, 6) is 5.61. The van der Waals surface area contributed by atoms with Gasteiger partial charge in [0.05, 0.1) is 13.2 Å². The number of nitrogens with one attached hydrogen (secondary N) is 1. The molecular formula is C3H11N7O. The predicted molar refractivity (Wildman–Crippen MR) is 37.8 cm³/mol. The van der Waals surface area contributed by atoms with Crippen molar-refractivity contribution < 1.29 is 5.11 Å². The second-order valence-electron chi connectivity index (χ2n) is 1.63. The third-order valence-electron chi connectivity index (χ3n) is 0.932. The van der Waals surface area contributed by atoms with E-state index in [1.165, 1.54) is 5.01 Å². The lowest BCUT2D eigenvalue weighted by atomic mass is 10.7. The molecule has 0 saturated heterocycles. The molecule has 7 N–H and O–H groups in total. The van der Waals surface area contributed by atoms with E-state index in [0.717, 1.165) is 0 Å². The summed E-state index contributed by atoms with van der Waals surface area (Å²) >= 11 is 0. The number of H-pyrrole nitrogens is 1. The summed E-state index contributed by atoms with van der Waals surface area (Å²) in [6.07, 6.45) is 0. The molecular weight excluding hydrogens is 150 g/mol. The minimum absolute atomic E-state index is 0. The molecule has 0 atom stereocenters. The van der Waals surface area contributed by atoms with Gasteiger partial charge in [0.2, 0.25) is 0 Å². The Morgan fingerprint density at radius 1 is 1.64 bits per heavy atom. The molecule has 0 amide bonds. The quantitative estimate of drug-likeness (QED) is 0.298. The lowest BCUT2D eigenvalue weighted by molar-refractivity contribution is 0.301. The van der Waals surface area contributed by atoms with Crippen LogP contribution in [-0.2, 0) is 0 Å². The molecule has 8 heteroatoms. The van der Waals surface area contributed by atoms with Crippen LogP contribution in [-0.4, -0.2) is 38.9 Å². The number of nitrogens with zero attached hydrogens (tertiary/aromatic N) is 4. The Bertz CT molecular complexity index is 174. The first kappa shape index (κ1) is 9.75. The zero-order valence-electron chi connectivity index (χ0n) is 5.93. The number of aliphatic hydroxyl groups is 1. The number of tetrazole rings is 1. The minimum Gasteiger partial charge on any atom is -0.394 e. The van der Waals surface area contributed by atoms with Crippen LogP contribution in [0.25, 0.3) is 0 Å². The molecule has 1 rings (SSSR count). The summed E-state index contributed by atoms with van der Waals surface area (Å²) in [6.45, 7) is 0.255. The van der Waals surface area contributed by atoms with Gasteiger partial charge in [-0.3, -0.25) is 5.01 Å². The molecule has 1 aromatic heterocycles. The van der Waals surface area contributed by atoms with Crippen molar-refractivity contribution in [2.75, 3.05) is 18.2 Å². The molecule has 1 heterocycles. The Morgan fingerprint density at radius 2 is 2.36 bits per heavy atom. The monoisotopic (exact) mass is 161 g/mol. The van der Waals surface area contributed by atoms with Crippen molar-refractivity contribution in [3.63, 3.8) is 0 Å². The highest BCUT2D eigenvalue weighted by atomic mass is 16.3. The topological polar surface area (TPSA) is 139 Å². The molecule has 0 aliphatic rings. The Kier molecular flexibility index (Phi) is 4.03. The smallest absolute Gasteiger partial charge is 0.279 e. The van der Waals surface area contributed by atoms with E-state index in [1.807, 2.05) is 0 Å². The molecule has 0 aromatic carbocycles. The van der Waals surface area contributed by atoms with E-state index in [4.69, 9.17) is 10.9 Å². The molecule has 64 valence electrons. The molecule has 11 heavy (non-hydrogen) atoms. The van der Waals surface area contributed by atoms with E-state index in [2.05, 4.69) is 20.6 Å². The maximum Gasteiger partial charge on any atom is 0.279 e. The Balaban J connectivity index is 0.000001000. The van der Waals surface area contributed by atoms with Gasteiger partial charge in [-0.05, 0) is 5.21 Å². The lowest BCUT2D eigenvalue weighted by Crippen LogP contribution is -2.34. The van der Waals surface area contributed by atoms with E-state index in [9.17, 15) is 0 Å². The minimum atomic E-state index is -0.0367. The fraction of sp³-hybridized carbons (Fsp3) is 0.667. The van der Waals surface area contributed by atoms with Gasteiger partial charge in [0, 0.05) is 0 Å². The van der Waals surface area contributed by atoms with Crippen LogP contribution in [0, 0.1) is 0 Å². The largest absolute Gasteiger partial charge is 0.394 e. The lowest BCUT2D eigenvalue weighted by Gasteiger charge is -2.09. The highest BCUT2D eigenvalue weighted by Crippen LogP contribution is 1.93. The zero-order valence-corrected chi connectivity index (χ0v) is 5.93. The van der Waals surface area contributed by atoms with Gasteiger partial charge in [0.1, 0.15) is 0 Å². The molecule has 0 aliphatic carbocycles. The van der Waals surface area contributed by atoms with Crippen molar-refractivity contribution in [1.82, 2.24) is 26.8 Å². The molecule has 0 spiro atoms. The summed E-state index contributed by atoms with van der Waals surface area (Å²) in [5, 5.41) is 22.3. The predicted octanol–water partition coefficient (Wildman–Crippen LogP) is -1.97. The van der Waals surface area contributed by atoms with Crippen molar-refractivity contribution >= 4 is 5.95 Å². The summed E-state index contributed by atoms with van der Waals surface area (Å²) in [4.78, 5) is 0. The first-order chi connectivity index (χ1) is 4.84. The summed E-state index contributed by atoms with van der Waals surface area (Å²) in [5.41, 5.74) is 0. The van der Waals surface area contributed by atoms with Crippen LogP contribution in [0.1, 0.15) is 0 Å². The number of nitrogens with two attached hydrogens (primary N) is 1. The van der Waals surface area contributed by atoms with E-state index in [-0.39, 0.29) is 18.7 Å². The molecule has 0 aliphatic heterocycles. The van der Waals surface area contributed by atoms with Crippen molar-refractivity contribution in [1.29, 1.82) is 0 Å². The molecule has 0 fully saturated rings. The van der Waals surface area contributed by atoms with Crippen molar-refractivity contribution in [3.05, 3.63) is 0 Å². The van der Waals surface area contributed by atoms with Crippen LogP contribution in [0.2, 0.25) is 0 Å². The fourth-order valence-electron chi connectivity index (χ4n) is 0.486. The van der Waals surface area contributed by atoms with Crippen LogP contribution < -0.4 is 17.0 Å². The average molecular weight is 161 g/mol. The molecule has 8 nitrogen and oxygen atoms in total. The number of aromatic amines is 1. The first-order valence-electron chi connectivity index (χ1n) is 2.71. The van der Waals surface area contributed by atoms with Crippen molar-refractivity contribution in [2.24, 2.45) is 5.84 Å². The Morgan fingerprint density at radius 3 is 2.82 bits per heavy atom. The number of hydrogen-bond acceptors (Lipinski definition) is 7. The van der Waals surface area contributed by atoms with E-state index < -0.39 is 0 Å². The number of aliphatic hydroxyl groups excluding tert-OH is 1. The van der Waals surface area contributed by atoms with Crippen molar-refractivity contribution in [2.45, 2.75) is 0 Å². The van der Waals surface area contributed by atoms with Crippen molar-refractivity contribution in [3.8, 4) is 0 Å². The number of rotatable bonds is 3. The molecule has 1 aromatic rings. The Hall–Kier alpha value is -1.25. The number of aromatic nitrogens is 4. The number of hydrazine groups is 1. The van der Waals surface area contributed by atoms with Gasteiger partial charge in [-0.15, -0.1) is 5.10 Å². The highest BCUT2D eigenvalue weighted by Gasteiger charge is 2.03. The van der Waals surface area contributed by atoms with Gasteiger partial charge in [-0.1, -0.05) is 5.10 Å². The van der Waals surface area contributed by atoms with Crippen LogP contribution in [0.4, 0.5) is 5.95 Å². The summed E-state index contributed by atoms with van der Waals surface area (Å²) in [7, 11) is 0. The second-order valence-corrected chi connectivity index (χ2v) is 1.63. The maximum atomic E-state index is 8.43. The molecule has 0 saturated carbocycles. The number of anilines is 1. The standard InChI is InChI=1S/C3H8N6O.H3N/c4-9(1-2-10)3-5-7-8-6-3;/h10H,1-2,4H2,(H,5,6,7,8);1H3. The highest BCUT2D eigenvalue weighted by molar-refractivity contribution is 5.21. The van der Waals surface area contributed by atoms with Crippen LogP contribution in [0.5, 0.6) is 0 Å². The SMILES string of the molecule is N.NN(CCO)c1nn[nH]n1. The van der Waals surface area contributed by atoms with E-state index >= 15 is 0 Å². The van der Waals surface area contributed by atoms with Gasteiger partial charge in [-0.25, -0.2) is 5.84 Å². The maximum absolute atomic E-state index is 8.43. The molecule has 0 radical (unpaired) electrons. The van der Waals surface area contributed by atoms with E-state index in [0.29, 0.717) is 6.54 Å². The van der Waals surface area contributed by atoms with Crippen LogP contribution >= 0.6 is 0 Å². The van der Waals surface area contributed by atoms with Gasteiger partial charge >= 0.3 is 0 Å². The third kappa shape index (κ3) is 2.45. The van der Waals surface area contributed by atoms with Gasteiger partial charge in [0.15, 0.2) is 0 Å². The summed E-state index contributed by atoms with van der Waals surface area (Å²) in [6, 6.07) is 0. The normalized spacial score (nSPS) is 8.91. The molecule has 0 bridgehead atoms. The van der Waals surface area contributed by atoms with Gasteiger partial charge < -0.3 is 11.3 Å². The first-order valence-corrected chi connectivity index (χ1v) is 2.71. The second kappa shape index (κ2) is 4.55. The fourth-order valence-corrected chi connectivity index (χ4v) is 0.486. The van der Waals surface area contributed by atoms with Gasteiger partial charge in [-0.2, -0.15) is 5.21 Å². The third-order valence-corrected chi connectivity index (χ3v) is 0.932. The molecule has 0 unspecified atom stereocenters.